The first-order valence-electron chi connectivity index (χ1n) is 4.75. The Morgan fingerprint density at radius 3 is 2.47 bits per heavy atom. The van der Waals surface area contributed by atoms with Gasteiger partial charge in [0.1, 0.15) is 0 Å². The highest BCUT2D eigenvalue weighted by Gasteiger charge is 2.34. The molecule has 0 saturated carbocycles. The molecule has 6 heteroatoms. The number of alkyl halides is 5. The van der Waals surface area contributed by atoms with E-state index in [-0.39, 0.29) is 17.9 Å². The van der Waals surface area contributed by atoms with Crippen LogP contribution in [0.1, 0.15) is 27.9 Å². The summed E-state index contributed by atoms with van der Waals surface area (Å²) >= 11 is 8.51. The molecule has 94 valence electrons. The molecule has 0 aliphatic rings. The molecule has 1 nitrogen and oxygen atoms in total. The Balaban J connectivity index is 3.26. The average molecular weight is 330 g/mol. The van der Waals surface area contributed by atoms with Crippen molar-refractivity contribution in [1.29, 1.82) is 0 Å². The summed E-state index contributed by atoms with van der Waals surface area (Å²) in [5.74, 6) is -0.579. The van der Waals surface area contributed by atoms with Crippen molar-refractivity contribution in [1.82, 2.24) is 0 Å². The molecule has 0 radical (unpaired) electrons. The minimum Gasteiger partial charge on any atom is -0.294 e. The van der Waals surface area contributed by atoms with Crippen LogP contribution in [0.25, 0.3) is 0 Å². The second-order valence-corrected chi connectivity index (χ2v) is 4.31. The summed E-state index contributed by atoms with van der Waals surface area (Å²) in [5.41, 5.74) is -0.594. The van der Waals surface area contributed by atoms with Gasteiger partial charge in [0.05, 0.1) is 5.56 Å². The summed E-state index contributed by atoms with van der Waals surface area (Å²) in [7, 11) is 0. The van der Waals surface area contributed by atoms with Crippen LogP contribution in [0, 0.1) is 0 Å². The van der Waals surface area contributed by atoms with E-state index in [0.717, 1.165) is 6.07 Å². The Bertz CT molecular complexity index is 418. The molecular formula is C11H9BrClF3O. The quantitative estimate of drug-likeness (QED) is 0.590. The van der Waals surface area contributed by atoms with Crippen molar-refractivity contribution < 1.29 is 18.0 Å². The van der Waals surface area contributed by atoms with Gasteiger partial charge < -0.3 is 0 Å². The number of carbonyl (C=O) groups excluding carboxylic acids is 1. The van der Waals surface area contributed by atoms with Crippen molar-refractivity contribution in [2.75, 3.05) is 5.88 Å². The zero-order chi connectivity index (χ0) is 13.1. The lowest BCUT2D eigenvalue weighted by Crippen LogP contribution is -2.14. The molecule has 0 fully saturated rings. The van der Waals surface area contributed by atoms with Crippen molar-refractivity contribution >= 4 is 33.3 Å². The number of halogens is 5. The van der Waals surface area contributed by atoms with Gasteiger partial charge in [-0.2, -0.15) is 13.2 Å². The number of carbonyl (C=O) groups is 1. The normalized spacial score (nSPS) is 11.6. The maximum atomic E-state index is 12.7. The van der Waals surface area contributed by atoms with E-state index in [4.69, 9.17) is 11.6 Å². The minimum atomic E-state index is -4.53. The van der Waals surface area contributed by atoms with Crippen LogP contribution < -0.4 is 0 Å². The summed E-state index contributed by atoms with van der Waals surface area (Å²) in [6.07, 6.45) is -4.63. The molecule has 0 saturated heterocycles. The van der Waals surface area contributed by atoms with Gasteiger partial charge in [0.2, 0.25) is 0 Å². The van der Waals surface area contributed by atoms with Gasteiger partial charge in [0.15, 0.2) is 5.78 Å². The second-order valence-electron chi connectivity index (χ2n) is 3.37. The molecule has 1 aromatic carbocycles. The number of hydrogen-bond acceptors (Lipinski definition) is 1. The van der Waals surface area contributed by atoms with Crippen molar-refractivity contribution in [2.45, 2.75) is 17.9 Å². The Morgan fingerprint density at radius 2 is 2.00 bits per heavy atom. The average Bonchev–Trinajstić information content (AvgIpc) is 2.27. The third kappa shape index (κ3) is 3.71. The molecule has 0 amide bonds. The minimum absolute atomic E-state index is 0.00860. The van der Waals surface area contributed by atoms with Gasteiger partial charge in [-0.05, 0) is 17.7 Å². The standard InChI is InChI=1S/C11H9BrClF3O/c12-6-7-1-2-9(11(14,15)16)8(5-7)10(17)3-4-13/h1-2,5H,3-4,6H2. The van der Waals surface area contributed by atoms with Crippen LogP contribution in [0.3, 0.4) is 0 Å². The maximum absolute atomic E-state index is 12.7. The van der Waals surface area contributed by atoms with Crippen LogP contribution in [0.15, 0.2) is 18.2 Å². The zero-order valence-corrected chi connectivity index (χ0v) is 11.0. The van der Waals surface area contributed by atoms with Crippen LogP contribution in [-0.4, -0.2) is 11.7 Å². The Morgan fingerprint density at radius 1 is 1.35 bits per heavy atom. The largest absolute Gasteiger partial charge is 0.417 e. The fraction of sp³-hybridized carbons (Fsp3) is 0.364. The van der Waals surface area contributed by atoms with Gasteiger partial charge in [-0.3, -0.25) is 4.79 Å². The Kier molecular flexibility index (Phi) is 5.01. The van der Waals surface area contributed by atoms with E-state index in [1.165, 1.54) is 12.1 Å². The third-order valence-corrected chi connectivity index (χ3v) is 3.00. The first-order chi connectivity index (χ1) is 7.90. The third-order valence-electron chi connectivity index (χ3n) is 2.17. The predicted molar refractivity (Wildman–Crippen MR) is 63.7 cm³/mol. The number of benzene rings is 1. The van der Waals surface area contributed by atoms with Gasteiger partial charge in [0, 0.05) is 23.2 Å². The zero-order valence-electron chi connectivity index (χ0n) is 8.65. The number of hydrogen-bond donors (Lipinski definition) is 0. The van der Waals surface area contributed by atoms with E-state index in [1.807, 2.05) is 0 Å². The summed E-state index contributed by atoms with van der Waals surface area (Å²) in [5, 5.41) is 0.395. The highest BCUT2D eigenvalue weighted by molar-refractivity contribution is 9.08. The van der Waals surface area contributed by atoms with Crippen molar-refractivity contribution in [3.8, 4) is 0 Å². The molecule has 0 N–H and O–H groups in total. The van der Waals surface area contributed by atoms with Crippen LogP contribution in [0.2, 0.25) is 0 Å². The molecule has 1 rings (SSSR count). The van der Waals surface area contributed by atoms with Crippen LogP contribution in [0.4, 0.5) is 13.2 Å². The molecule has 0 aromatic heterocycles. The van der Waals surface area contributed by atoms with E-state index in [0.29, 0.717) is 10.9 Å². The first kappa shape index (κ1) is 14.5. The predicted octanol–water partition coefficient (Wildman–Crippen LogP) is 4.41. The molecule has 0 heterocycles. The lowest BCUT2D eigenvalue weighted by molar-refractivity contribution is -0.137. The van der Waals surface area contributed by atoms with Crippen molar-refractivity contribution in [3.63, 3.8) is 0 Å². The molecular weight excluding hydrogens is 320 g/mol. The molecule has 0 aliphatic carbocycles. The number of Topliss-reactive ketones (excluding diaryl/α,β-unsaturated/α-hetero) is 1. The number of rotatable bonds is 4. The SMILES string of the molecule is O=C(CCCl)c1cc(CBr)ccc1C(F)(F)F. The van der Waals surface area contributed by atoms with Crippen LogP contribution >= 0.6 is 27.5 Å². The second kappa shape index (κ2) is 5.87. The monoisotopic (exact) mass is 328 g/mol. The van der Waals surface area contributed by atoms with E-state index < -0.39 is 17.5 Å². The fourth-order valence-corrected chi connectivity index (χ4v) is 1.89. The summed E-state index contributed by atoms with van der Waals surface area (Å²) in [6.45, 7) is 0. The summed E-state index contributed by atoms with van der Waals surface area (Å²) < 4.78 is 38.1. The summed E-state index contributed by atoms with van der Waals surface area (Å²) in [6, 6.07) is 3.53. The molecule has 0 bridgehead atoms. The smallest absolute Gasteiger partial charge is 0.294 e. The van der Waals surface area contributed by atoms with Gasteiger partial charge in [0.25, 0.3) is 0 Å². The first-order valence-corrected chi connectivity index (χ1v) is 6.41. The molecule has 0 spiro atoms. The molecule has 0 unspecified atom stereocenters. The van der Waals surface area contributed by atoms with Gasteiger partial charge >= 0.3 is 6.18 Å². The van der Waals surface area contributed by atoms with Crippen molar-refractivity contribution in [3.05, 3.63) is 34.9 Å². The Hall–Kier alpha value is -0.550. The lowest BCUT2D eigenvalue weighted by Gasteiger charge is -2.12. The number of ketones is 1. The summed E-state index contributed by atoms with van der Waals surface area (Å²) in [4.78, 5) is 11.6. The molecule has 0 atom stereocenters. The molecule has 0 aliphatic heterocycles. The highest BCUT2D eigenvalue weighted by atomic mass is 79.9. The fourth-order valence-electron chi connectivity index (χ4n) is 1.37. The Labute approximate surface area is 110 Å². The van der Waals surface area contributed by atoms with Crippen LogP contribution in [-0.2, 0) is 11.5 Å². The lowest BCUT2D eigenvalue weighted by atomic mass is 9.99. The van der Waals surface area contributed by atoms with E-state index in [1.54, 1.807) is 0 Å². The van der Waals surface area contributed by atoms with Crippen LogP contribution in [0.5, 0.6) is 0 Å². The van der Waals surface area contributed by atoms with Gasteiger partial charge in [-0.25, -0.2) is 0 Å². The van der Waals surface area contributed by atoms with E-state index in [9.17, 15) is 18.0 Å². The van der Waals surface area contributed by atoms with E-state index >= 15 is 0 Å². The van der Waals surface area contributed by atoms with Gasteiger partial charge in [-0.15, -0.1) is 11.6 Å². The maximum Gasteiger partial charge on any atom is 0.417 e. The topological polar surface area (TPSA) is 17.1 Å². The van der Waals surface area contributed by atoms with Crippen molar-refractivity contribution in [2.24, 2.45) is 0 Å². The van der Waals surface area contributed by atoms with Gasteiger partial charge in [-0.1, -0.05) is 22.0 Å². The molecule has 17 heavy (non-hydrogen) atoms. The van der Waals surface area contributed by atoms with E-state index in [2.05, 4.69) is 15.9 Å². The highest BCUT2D eigenvalue weighted by Crippen LogP contribution is 2.33. The molecule has 1 aromatic rings.